The van der Waals surface area contributed by atoms with Crippen molar-refractivity contribution in [3.8, 4) is 0 Å². The summed E-state index contributed by atoms with van der Waals surface area (Å²) >= 11 is 0. The molecule has 0 bridgehead atoms. The van der Waals surface area contributed by atoms with Gasteiger partial charge in [-0.25, -0.2) is 4.39 Å². The van der Waals surface area contributed by atoms with Crippen LogP contribution in [0.1, 0.15) is 30.7 Å². The first-order chi connectivity index (χ1) is 14.9. The largest absolute Gasteiger partial charge is 0.467 e. The van der Waals surface area contributed by atoms with E-state index in [1.807, 2.05) is 30.3 Å². The maximum absolute atomic E-state index is 13.4. The van der Waals surface area contributed by atoms with Crippen molar-refractivity contribution in [1.29, 1.82) is 0 Å². The summed E-state index contributed by atoms with van der Waals surface area (Å²) < 4.78 is 18.7. The van der Waals surface area contributed by atoms with Gasteiger partial charge in [0.15, 0.2) is 0 Å². The molecule has 0 radical (unpaired) electrons. The molecule has 0 spiro atoms. The van der Waals surface area contributed by atoms with E-state index in [9.17, 15) is 14.0 Å². The summed E-state index contributed by atoms with van der Waals surface area (Å²) in [6.07, 6.45) is 1.91. The number of nitrogens with one attached hydrogen (secondary N) is 1. The molecule has 2 aromatic carbocycles. The van der Waals surface area contributed by atoms with Crippen LogP contribution in [0.15, 0.2) is 77.4 Å². The molecule has 0 saturated carbocycles. The van der Waals surface area contributed by atoms with Gasteiger partial charge in [-0.2, -0.15) is 0 Å². The molecule has 1 aromatic heterocycles. The van der Waals surface area contributed by atoms with Crippen LogP contribution in [0.4, 0.5) is 4.39 Å². The average molecular weight is 423 g/mol. The van der Waals surface area contributed by atoms with E-state index < -0.39 is 6.04 Å². The molecule has 5 nitrogen and oxygen atoms in total. The molecule has 3 aromatic rings. The molecular formula is C25H27FN2O3. The van der Waals surface area contributed by atoms with Crippen LogP contribution in [0, 0.1) is 11.7 Å². The van der Waals surface area contributed by atoms with Crippen molar-refractivity contribution in [1.82, 2.24) is 10.2 Å². The second kappa shape index (κ2) is 10.6. The fraction of sp³-hybridized carbons (Fsp3) is 0.280. The van der Waals surface area contributed by atoms with Crippen molar-refractivity contribution < 1.29 is 18.4 Å². The predicted octanol–water partition coefficient (Wildman–Crippen LogP) is 4.33. The zero-order valence-electron chi connectivity index (χ0n) is 17.8. The van der Waals surface area contributed by atoms with Crippen LogP contribution in [0.2, 0.25) is 0 Å². The predicted molar refractivity (Wildman–Crippen MR) is 116 cm³/mol. The Morgan fingerprint density at radius 1 is 0.968 bits per heavy atom. The van der Waals surface area contributed by atoms with Gasteiger partial charge < -0.3 is 14.6 Å². The minimum absolute atomic E-state index is 0.140. The summed E-state index contributed by atoms with van der Waals surface area (Å²) in [7, 11) is 0. The SMILES string of the molecule is CC(C)C(=O)N(Cc1ccc(F)cc1)C(Cc1ccccc1)C(=O)NCc1ccco1. The van der Waals surface area contributed by atoms with E-state index in [0.29, 0.717) is 12.2 Å². The van der Waals surface area contributed by atoms with Crippen LogP contribution < -0.4 is 5.32 Å². The average Bonchev–Trinajstić information content (AvgIpc) is 3.29. The second-order valence-corrected chi connectivity index (χ2v) is 7.75. The van der Waals surface area contributed by atoms with Crippen LogP contribution in [0.5, 0.6) is 0 Å². The number of hydrogen-bond acceptors (Lipinski definition) is 3. The number of amides is 2. The molecule has 1 atom stereocenters. The lowest BCUT2D eigenvalue weighted by atomic mass is 10.0. The lowest BCUT2D eigenvalue weighted by Gasteiger charge is -2.32. The summed E-state index contributed by atoms with van der Waals surface area (Å²) in [5, 5.41) is 2.89. The number of nitrogens with zero attached hydrogens (tertiary/aromatic N) is 1. The van der Waals surface area contributed by atoms with Gasteiger partial charge >= 0.3 is 0 Å². The highest BCUT2D eigenvalue weighted by Gasteiger charge is 2.31. The number of rotatable bonds is 9. The van der Waals surface area contributed by atoms with Gasteiger partial charge in [0.25, 0.3) is 0 Å². The lowest BCUT2D eigenvalue weighted by molar-refractivity contribution is -0.143. The molecule has 0 aliphatic heterocycles. The van der Waals surface area contributed by atoms with Gasteiger partial charge in [0.2, 0.25) is 11.8 Å². The van der Waals surface area contributed by atoms with E-state index in [-0.39, 0.29) is 36.6 Å². The zero-order chi connectivity index (χ0) is 22.2. The Balaban J connectivity index is 1.89. The number of halogens is 1. The second-order valence-electron chi connectivity index (χ2n) is 7.75. The normalized spacial score (nSPS) is 11.9. The molecule has 162 valence electrons. The molecular weight excluding hydrogens is 395 g/mol. The molecule has 1 N–H and O–H groups in total. The Morgan fingerprint density at radius 3 is 2.29 bits per heavy atom. The van der Waals surface area contributed by atoms with Crippen molar-refractivity contribution in [2.75, 3.05) is 0 Å². The summed E-state index contributed by atoms with van der Waals surface area (Å²) in [6.45, 7) is 4.06. The monoisotopic (exact) mass is 422 g/mol. The minimum Gasteiger partial charge on any atom is -0.467 e. The van der Waals surface area contributed by atoms with Crippen molar-refractivity contribution in [2.24, 2.45) is 5.92 Å². The van der Waals surface area contributed by atoms with Crippen molar-refractivity contribution in [3.05, 3.63) is 95.7 Å². The fourth-order valence-electron chi connectivity index (χ4n) is 3.35. The standard InChI is InChI=1S/C25H27FN2O3/c1-18(2)25(30)28(17-20-10-12-21(26)13-11-20)23(15-19-7-4-3-5-8-19)24(29)27-16-22-9-6-14-31-22/h3-14,18,23H,15-17H2,1-2H3,(H,27,29). The number of furan rings is 1. The summed E-state index contributed by atoms with van der Waals surface area (Å²) in [5.74, 6) is -0.416. The van der Waals surface area contributed by atoms with Gasteiger partial charge in [-0.3, -0.25) is 9.59 Å². The molecule has 6 heteroatoms. The quantitative estimate of drug-likeness (QED) is 0.558. The topological polar surface area (TPSA) is 62.6 Å². The van der Waals surface area contributed by atoms with Crippen molar-refractivity contribution >= 4 is 11.8 Å². The molecule has 3 rings (SSSR count). The molecule has 1 heterocycles. The van der Waals surface area contributed by atoms with Gasteiger partial charge in [0.1, 0.15) is 17.6 Å². The van der Waals surface area contributed by atoms with Gasteiger partial charge in [0, 0.05) is 18.9 Å². The number of carbonyl (C=O) groups excluding carboxylic acids is 2. The van der Waals surface area contributed by atoms with Crippen molar-refractivity contribution in [2.45, 2.75) is 39.4 Å². The smallest absolute Gasteiger partial charge is 0.243 e. The van der Waals surface area contributed by atoms with Gasteiger partial charge in [-0.05, 0) is 35.4 Å². The maximum atomic E-state index is 13.4. The van der Waals surface area contributed by atoms with Crippen LogP contribution in [0.3, 0.4) is 0 Å². The first kappa shape index (κ1) is 22.3. The summed E-state index contributed by atoms with van der Waals surface area (Å²) in [5.41, 5.74) is 1.70. The molecule has 1 unspecified atom stereocenters. The third-order valence-electron chi connectivity index (χ3n) is 5.01. The van der Waals surface area contributed by atoms with Gasteiger partial charge in [0.05, 0.1) is 12.8 Å². The van der Waals surface area contributed by atoms with Crippen LogP contribution in [-0.4, -0.2) is 22.8 Å². The van der Waals surface area contributed by atoms with E-state index in [1.54, 1.807) is 49.3 Å². The zero-order valence-corrected chi connectivity index (χ0v) is 17.8. The molecule has 2 amide bonds. The first-order valence-electron chi connectivity index (χ1n) is 10.3. The van der Waals surface area contributed by atoms with E-state index in [4.69, 9.17) is 4.42 Å². The van der Waals surface area contributed by atoms with E-state index >= 15 is 0 Å². The maximum Gasteiger partial charge on any atom is 0.243 e. The van der Waals surface area contributed by atoms with Gasteiger partial charge in [-0.15, -0.1) is 0 Å². The van der Waals surface area contributed by atoms with E-state index in [1.165, 1.54) is 12.1 Å². The third-order valence-corrected chi connectivity index (χ3v) is 5.01. The Hall–Kier alpha value is -3.41. The molecule has 0 aliphatic rings. The molecule has 31 heavy (non-hydrogen) atoms. The summed E-state index contributed by atoms with van der Waals surface area (Å²) in [4.78, 5) is 28.0. The highest BCUT2D eigenvalue weighted by molar-refractivity contribution is 5.88. The van der Waals surface area contributed by atoms with Crippen LogP contribution in [-0.2, 0) is 29.1 Å². The van der Waals surface area contributed by atoms with E-state index in [2.05, 4.69) is 5.32 Å². The highest BCUT2D eigenvalue weighted by Crippen LogP contribution is 2.18. The van der Waals surface area contributed by atoms with Gasteiger partial charge in [-0.1, -0.05) is 56.3 Å². The molecule has 0 fully saturated rings. The minimum atomic E-state index is -0.725. The Kier molecular flexibility index (Phi) is 7.60. The molecule has 0 saturated heterocycles. The van der Waals surface area contributed by atoms with Crippen LogP contribution >= 0.6 is 0 Å². The number of benzene rings is 2. The van der Waals surface area contributed by atoms with E-state index in [0.717, 1.165) is 11.1 Å². The molecule has 0 aliphatic carbocycles. The van der Waals surface area contributed by atoms with Crippen LogP contribution in [0.25, 0.3) is 0 Å². The van der Waals surface area contributed by atoms with Crippen molar-refractivity contribution in [3.63, 3.8) is 0 Å². The Bertz CT molecular complexity index is 970. The fourth-order valence-corrected chi connectivity index (χ4v) is 3.35. The number of hydrogen-bond donors (Lipinski definition) is 1. The summed E-state index contributed by atoms with van der Waals surface area (Å²) in [6, 6.07) is 18.4. The lowest BCUT2D eigenvalue weighted by Crippen LogP contribution is -2.51. The Morgan fingerprint density at radius 2 is 1.68 bits per heavy atom. The Labute approximate surface area is 181 Å². The highest BCUT2D eigenvalue weighted by atomic mass is 19.1. The first-order valence-corrected chi connectivity index (χ1v) is 10.3. The third kappa shape index (κ3) is 6.28. The number of carbonyl (C=O) groups is 2.